The SMILES string of the molecule is CC1CC(N2C(C)CC3CCCCC32)CCC1C(=O)N1CCN(C(=O)C2(N)CC2)CC1. The number of fused-ring (bicyclic) bond motifs is 1. The zero-order valence-electron chi connectivity index (χ0n) is 19.6. The number of nitrogens with two attached hydrogens (primary N) is 1. The minimum atomic E-state index is -0.594. The molecule has 3 saturated carbocycles. The van der Waals surface area contributed by atoms with E-state index in [1.54, 1.807) is 0 Å². The van der Waals surface area contributed by atoms with Crippen LogP contribution in [0.3, 0.4) is 0 Å². The average molecular weight is 431 g/mol. The van der Waals surface area contributed by atoms with Crippen molar-refractivity contribution in [3.05, 3.63) is 0 Å². The molecule has 5 aliphatic rings. The van der Waals surface area contributed by atoms with Gasteiger partial charge in [-0.25, -0.2) is 0 Å². The number of rotatable bonds is 3. The van der Waals surface area contributed by atoms with Crippen LogP contribution in [0.1, 0.15) is 78.1 Å². The number of carbonyl (C=O) groups is 2. The summed E-state index contributed by atoms with van der Waals surface area (Å²) in [7, 11) is 0. The second-order valence-electron chi connectivity index (χ2n) is 11.5. The molecule has 6 unspecified atom stereocenters. The zero-order valence-corrected chi connectivity index (χ0v) is 19.6. The van der Waals surface area contributed by atoms with Crippen LogP contribution in [0.2, 0.25) is 0 Å². The maximum atomic E-state index is 13.4. The van der Waals surface area contributed by atoms with Crippen LogP contribution in [-0.4, -0.2) is 76.4 Å². The van der Waals surface area contributed by atoms with Crippen molar-refractivity contribution in [3.8, 4) is 0 Å². The topological polar surface area (TPSA) is 69.9 Å². The predicted molar refractivity (Wildman–Crippen MR) is 121 cm³/mol. The molecule has 2 N–H and O–H groups in total. The first-order valence-corrected chi connectivity index (χ1v) is 13.0. The second kappa shape index (κ2) is 8.33. The van der Waals surface area contributed by atoms with Crippen LogP contribution in [0.5, 0.6) is 0 Å². The molecule has 2 amide bonds. The smallest absolute Gasteiger partial charge is 0.242 e. The number of hydrogen-bond donors (Lipinski definition) is 1. The first-order chi connectivity index (χ1) is 14.9. The van der Waals surface area contributed by atoms with Crippen LogP contribution >= 0.6 is 0 Å². The lowest BCUT2D eigenvalue weighted by atomic mass is 9.76. The molecule has 0 radical (unpaired) electrons. The molecule has 31 heavy (non-hydrogen) atoms. The second-order valence-corrected chi connectivity index (χ2v) is 11.5. The van der Waals surface area contributed by atoms with E-state index < -0.39 is 5.54 Å². The Balaban J connectivity index is 1.15. The van der Waals surface area contributed by atoms with Crippen LogP contribution in [0.25, 0.3) is 0 Å². The fourth-order valence-corrected chi connectivity index (χ4v) is 7.41. The number of carbonyl (C=O) groups excluding carboxylic acids is 2. The molecule has 5 fully saturated rings. The van der Waals surface area contributed by atoms with Crippen molar-refractivity contribution in [2.45, 2.75) is 102 Å². The maximum absolute atomic E-state index is 13.4. The lowest BCUT2D eigenvalue weighted by Gasteiger charge is -2.45. The Labute approximate surface area is 187 Å². The highest BCUT2D eigenvalue weighted by Gasteiger charge is 2.49. The summed E-state index contributed by atoms with van der Waals surface area (Å²) in [5.41, 5.74) is 5.50. The molecule has 0 spiro atoms. The van der Waals surface area contributed by atoms with Crippen molar-refractivity contribution >= 4 is 11.8 Å². The van der Waals surface area contributed by atoms with Crippen molar-refractivity contribution in [1.82, 2.24) is 14.7 Å². The summed E-state index contributed by atoms with van der Waals surface area (Å²) >= 11 is 0. The lowest BCUT2D eigenvalue weighted by Crippen LogP contribution is -2.57. The Bertz CT molecular complexity index is 700. The largest absolute Gasteiger partial charge is 0.339 e. The number of amides is 2. The molecular formula is C25H42N4O2. The van der Waals surface area contributed by atoms with Gasteiger partial charge in [-0.3, -0.25) is 14.5 Å². The molecule has 6 atom stereocenters. The van der Waals surface area contributed by atoms with Crippen molar-refractivity contribution in [2.75, 3.05) is 26.2 Å². The fraction of sp³-hybridized carbons (Fsp3) is 0.920. The van der Waals surface area contributed by atoms with Gasteiger partial charge in [-0.2, -0.15) is 0 Å². The highest BCUT2D eigenvalue weighted by Crippen LogP contribution is 2.44. The van der Waals surface area contributed by atoms with E-state index in [1.807, 2.05) is 9.80 Å². The molecule has 3 aliphatic carbocycles. The molecule has 5 rings (SSSR count). The highest BCUT2D eigenvalue weighted by molar-refractivity contribution is 5.89. The Morgan fingerprint density at radius 3 is 2.23 bits per heavy atom. The first kappa shape index (κ1) is 21.7. The summed E-state index contributed by atoms with van der Waals surface area (Å²) in [6.45, 7) is 7.36. The van der Waals surface area contributed by atoms with E-state index in [0.29, 0.717) is 50.1 Å². The molecule has 0 aromatic heterocycles. The molecule has 2 aliphatic heterocycles. The third kappa shape index (κ3) is 4.03. The van der Waals surface area contributed by atoms with Gasteiger partial charge in [-0.05, 0) is 70.1 Å². The van der Waals surface area contributed by atoms with Gasteiger partial charge in [-0.1, -0.05) is 19.8 Å². The summed E-state index contributed by atoms with van der Waals surface area (Å²) in [6.07, 6.45) is 12.0. The van der Waals surface area contributed by atoms with E-state index in [0.717, 1.165) is 37.6 Å². The maximum Gasteiger partial charge on any atom is 0.242 e. The number of hydrogen-bond acceptors (Lipinski definition) is 4. The Hall–Kier alpha value is -1.14. The molecule has 2 heterocycles. The molecular weight excluding hydrogens is 388 g/mol. The zero-order chi connectivity index (χ0) is 21.8. The van der Waals surface area contributed by atoms with E-state index in [-0.39, 0.29) is 11.8 Å². The van der Waals surface area contributed by atoms with Crippen LogP contribution in [-0.2, 0) is 9.59 Å². The van der Waals surface area contributed by atoms with Gasteiger partial charge in [0.05, 0.1) is 5.54 Å². The highest BCUT2D eigenvalue weighted by atomic mass is 16.2. The average Bonchev–Trinajstić information content (AvgIpc) is 3.43. The molecule has 6 nitrogen and oxygen atoms in total. The molecule has 0 aromatic rings. The molecule has 174 valence electrons. The minimum absolute atomic E-state index is 0.0919. The van der Waals surface area contributed by atoms with Crippen LogP contribution in [0, 0.1) is 17.8 Å². The van der Waals surface area contributed by atoms with Gasteiger partial charge in [0.15, 0.2) is 0 Å². The van der Waals surface area contributed by atoms with E-state index in [2.05, 4.69) is 18.7 Å². The predicted octanol–water partition coefficient (Wildman–Crippen LogP) is 2.61. The molecule has 0 bridgehead atoms. The van der Waals surface area contributed by atoms with E-state index in [9.17, 15) is 9.59 Å². The quantitative estimate of drug-likeness (QED) is 0.747. The van der Waals surface area contributed by atoms with E-state index in [4.69, 9.17) is 5.73 Å². The summed E-state index contributed by atoms with van der Waals surface area (Å²) in [5, 5.41) is 0. The summed E-state index contributed by atoms with van der Waals surface area (Å²) < 4.78 is 0. The van der Waals surface area contributed by atoms with Crippen molar-refractivity contribution < 1.29 is 9.59 Å². The third-order valence-corrected chi connectivity index (χ3v) is 9.38. The van der Waals surface area contributed by atoms with Crippen LogP contribution < -0.4 is 5.73 Å². The van der Waals surface area contributed by atoms with Crippen LogP contribution in [0.15, 0.2) is 0 Å². The summed E-state index contributed by atoms with van der Waals surface area (Å²) in [6, 6.07) is 2.17. The van der Waals surface area contributed by atoms with Gasteiger partial charge in [0, 0.05) is 50.2 Å². The monoisotopic (exact) mass is 430 g/mol. The normalized spacial score (nSPS) is 40.5. The fourth-order valence-electron chi connectivity index (χ4n) is 7.41. The summed E-state index contributed by atoms with van der Waals surface area (Å²) in [5.74, 6) is 1.94. The molecule has 2 saturated heterocycles. The van der Waals surface area contributed by atoms with Gasteiger partial charge in [-0.15, -0.1) is 0 Å². The van der Waals surface area contributed by atoms with Gasteiger partial charge in [0.25, 0.3) is 0 Å². The molecule has 0 aromatic carbocycles. The van der Waals surface area contributed by atoms with Gasteiger partial charge in [0.2, 0.25) is 11.8 Å². The minimum Gasteiger partial charge on any atom is -0.339 e. The number of piperazine rings is 1. The number of likely N-dealkylation sites (tertiary alicyclic amines) is 1. The van der Waals surface area contributed by atoms with Crippen LogP contribution in [0.4, 0.5) is 0 Å². The molecule has 6 heteroatoms. The van der Waals surface area contributed by atoms with E-state index >= 15 is 0 Å². The Morgan fingerprint density at radius 1 is 0.871 bits per heavy atom. The Kier molecular flexibility index (Phi) is 5.83. The van der Waals surface area contributed by atoms with E-state index in [1.165, 1.54) is 38.5 Å². The van der Waals surface area contributed by atoms with Crippen molar-refractivity contribution in [1.29, 1.82) is 0 Å². The van der Waals surface area contributed by atoms with Crippen molar-refractivity contribution in [3.63, 3.8) is 0 Å². The first-order valence-electron chi connectivity index (χ1n) is 13.0. The van der Waals surface area contributed by atoms with Crippen molar-refractivity contribution in [2.24, 2.45) is 23.5 Å². The Morgan fingerprint density at radius 2 is 1.55 bits per heavy atom. The number of nitrogens with zero attached hydrogens (tertiary/aromatic N) is 3. The third-order valence-electron chi connectivity index (χ3n) is 9.38. The standard InChI is InChI=1S/C25H42N4O2/c1-17-15-20(29-18(2)16-19-5-3-4-6-22(19)29)7-8-21(17)23(30)27-11-13-28(14-12-27)24(31)25(26)9-10-25/h17-22H,3-16,26H2,1-2H3. The van der Waals surface area contributed by atoms with Gasteiger partial charge >= 0.3 is 0 Å². The lowest BCUT2D eigenvalue weighted by molar-refractivity contribution is -0.145. The van der Waals surface area contributed by atoms with Gasteiger partial charge < -0.3 is 15.5 Å². The summed E-state index contributed by atoms with van der Waals surface area (Å²) in [4.78, 5) is 32.6. The van der Waals surface area contributed by atoms with Gasteiger partial charge in [0.1, 0.15) is 0 Å².